The molecule has 0 aliphatic heterocycles. The third kappa shape index (κ3) is 3.10. The highest BCUT2D eigenvalue weighted by Crippen LogP contribution is 2.47. The Morgan fingerprint density at radius 3 is 2.60 bits per heavy atom. The zero-order valence-corrected chi connectivity index (χ0v) is 17.1. The summed E-state index contributed by atoms with van der Waals surface area (Å²) in [6.07, 6.45) is 12.0. The molecule has 1 atom stereocenters. The average molecular weight is 398 g/mol. The minimum atomic E-state index is -0.419. The predicted octanol–water partition coefficient (Wildman–Crippen LogP) is 5.77. The molecule has 1 N–H and O–H groups in total. The van der Waals surface area contributed by atoms with Gasteiger partial charge in [-0.2, -0.15) is 0 Å². The standard InChI is InChI=1S/C26H27N3O/c30-26(25-23(18-5-6-18)12-11-22-15-27-16-29(22)25)20-8-3-17(4-9-20)21-10-7-19-2-1-13-28-24(19)14-21/h1-2,7,10-18,20,26,30H,3-6,8-9H2/t17?,20?,26-/m0/s1. The van der Waals surface area contributed by atoms with Crippen molar-refractivity contribution in [1.29, 1.82) is 0 Å². The average Bonchev–Trinajstić information content (AvgIpc) is 3.54. The van der Waals surface area contributed by atoms with Crippen LogP contribution in [0.25, 0.3) is 16.4 Å². The highest BCUT2D eigenvalue weighted by atomic mass is 16.3. The summed E-state index contributed by atoms with van der Waals surface area (Å²) >= 11 is 0. The highest BCUT2D eigenvalue weighted by molar-refractivity contribution is 5.79. The van der Waals surface area contributed by atoms with Crippen molar-refractivity contribution < 1.29 is 5.11 Å². The molecule has 0 unspecified atom stereocenters. The van der Waals surface area contributed by atoms with E-state index in [1.165, 1.54) is 29.4 Å². The zero-order valence-electron chi connectivity index (χ0n) is 17.1. The summed E-state index contributed by atoms with van der Waals surface area (Å²) < 4.78 is 2.12. The molecular formula is C26H27N3O. The van der Waals surface area contributed by atoms with Gasteiger partial charge >= 0.3 is 0 Å². The van der Waals surface area contributed by atoms with Crippen molar-refractivity contribution in [1.82, 2.24) is 14.4 Å². The van der Waals surface area contributed by atoms with Crippen LogP contribution in [0.2, 0.25) is 0 Å². The maximum Gasteiger partial charge on any atom is 0.0995 e. The summed E-state index contributed by atoms with van der Waals surface area (Å²) in [5.41, 5.74) is 5.97. The van der Waals surface area contributed by atoms with Gasteiger partial charge < -0.3 is 9.51 Å². The van der Waals surface area contributed by atoms with Crippen molar-refractivity contribution in [2.75, 3.05) is 0 Å². The topological polar surface area (TPSA) is 50.4 Å². The molecule has 1 aromatic carbocycles. The lowest BCUT2D eigenvalue weighted by Gasteiger charge is -2.33. The lowest BCUT2D eigenvalue weighted by atomic mass is 9.75. The number of benzene rings is 1. The van der Waals surface area contributed by atoms with Gasteiger partial charge in [-0.25, -0.2) is 4.98 Å². The van der Waals surface area contributed by atoms with E-state index in [0.717, 1.165) is 42.4 Å². The Balaban J connectivity index is 1.24. The zero-order chi connectivity index (χ0) is 20.1. The Morgan fingerprint density at radius 1 is 0.933 bits per heavy atom. The Bertz CT molecular complexity index is 1200. The lowest BCUT2D eigenvalue weighted by molar-refractivity contribution is 0.0754. The second kappa shape index (κ2) is 7.21. The molecule has 4 nitrogen and oxygen atoms in total. The molecule has 2 aliphatic rings. The number of aromatic nitrogens is 3. The van der Waals surface area contributed by atoms with Crippen LogP contribution in [0.15, 0.2) is 61.2 Å². The van der Waals surface area contributed by atoms with Crippen LogP contribution in [0.1, 0.15) is 73.3 Å². The lowest BCUT2D eigenvalue weighted by Crippen LogP contribution is -2.22. The first-order chi connectivity index (χ1) is 14.8. The van der Waals surface area contributed by atoms with Gasteiger partial charge in [-0.3, -0.25) is 4.98 Å². The Kier molecular flexibility index (Phi) is 4.34. The van der Waals surface area contributed by atoms with Gasteiger partial charge in [-0.05, 0) is 85.6 Å². The molecule has 0 saturated heterocycles. The summed E-state index contributed by atoms with van der Waals surface area (Å²) in [5.74, 6) is 1.49. The van der Waals surface area contributed by atoms with E-state index in [-0.39, 0.29) is 0 Å². The molecule has 3 aromatic heterocycles. The fourth-order valence-corrected chi connectivity index (χ4v) is 5.41. The SMILES string of the molecule is O[C@H](c1c(C2CC2)ccc2cncn12)C1CCC(c2ccc3cccnc3c2)CC1. The van der Waals surface area contributed by atoms with Crippen molar-refractivity contribution in [3.8, 4) is 0 Å². The van der Waals surface area contributed by atoms with E-state index in [1.807, 2.05) is 24.8 Å². The van der Waals surface area contributed by atoms with Gasteiger partial charge in [-0.1, -0.05) is 24.3 Å². The van der Waals surface area contributed by atoms with E-state index in [9.17, 15) is 5.11 Å². The maximum atomic E-state index is 11.5. The number of fused-ring (bicyclic) bond motifs is 2. The van der Waals surface area contributed by atoms with Crippen LogP contribution in [-0.4, -0.2) is 19.5 Å². The number of imidazole rings is 1. The molecule has 2 aliphatic carbocycles. The van der Waals surface area contributed by atoms with Crippen molar-refractivity contribution in [3.05, 3.63) is 78.0 Å². The van der Waals surface area contributed by atoms with Crippen LogP contribution in [0, 0.1) is 5.92 Å². The molecule has 6 rings (SSSR count). The largest absolute Gasteiger partial charge is 0.387 e. The molecular weight excluding hydrogens is 370 g/mol. The summed E-state index contributed by atoms with van der Waals surface area (Å²) in [5, 5.41) is 12.7. The van der Waals surface area contributed by atoms with Crippen molar-refractivity contribution >= 4 is 16.4 Å². The van der Waals surface area contributed by atoms with E-state index in [1.54, 1.807) is 0 Å². The monoisotopic (exact) mass is 397 g/mol. The van der Waals surface area contributed by atoms with Gasteiger partial charge in [-0.15, -0.1) is 0 Å². The minimum Gasteiger partial charge on any atom is -0.387 e. The van der Waals surface area contributed by atoms with Gasteiger partial charge in [0.1, 0.15) is 0 Å². The van der Waals surface area contributed by atoms with Gasteiger partial charge in [0.2, 0.25) is 0 Å². The molecule has 152 valence electrons. The van der Waals surface area contributed by atoms with E-state index < -0.39 is 6.10 Å². The molecule has 3 heterocycles. The quantitative estimate of drug-likeness (QED) is 0.476. The molecule has 4 heteroatoms. The smallest absolute Gasteiger partial charge is 0.0995 e. The second-order valence-corrected chi connectivity index (χ2v) is 9.15. The number of hydrogen-bond acceptors (Lipinski definition) is 3. The number of aliphatic hydroxyl groups excluding tert-OH is 1. The van der Waals surface area contributed by atoms with Crippen LogP contribution < -0.4 is 0 Å². The number of pyridine rings is 2. The maximum absolute atomic E-state index is 11.5. The normalized spacial score (nSPS) is 23.1. The number of rotatable bonds is 4. The van der Waals surface area contributed by atoms with Crippen LogP contribution in [0.4, 0.5) is 0 Å². The van der Waals surface area contributed by atoms with Crippen LogP contribution in [0.5, 0.6) is 0 Å². The van der Waals surface area contributed by atoms with E-state index >= 15 is 0 Å². The van der Waals surface area contributed by atoms with Gasteiger partial charge in [0, 0.05) is 11.6 Å². The molecule has 0 radical (unpaired) electrons. The summed E-state index contributed by atoms with van der Waals surface area (Å²) in [7, 11) is 0. The third-order valence-corrected chi connectivity index (χ3v) is 7.27. The Hall–Kier alpha value is -2.72. The molecule has 0 spiro atoms. The van der Waals surface area contributed by atoms with Crippen LogP contribution >= 0.6 is 0 Å². The number of aliphatic hydroxyl groups is 1. The molecule has 2 fully saturated rings. The first-order valence-electron chi connectivity index (χ1n) is 11.3. The first-order valence-corrected chi connectivity index (χ1v) is 11.3. The summed E-state index contributed by atoms with van der Waals surface area (Å²) in [6, 6.07) is 15.2. The van der Waals surface area contributed by atoms with Gasteiger partial charge in [0.15, 0.2) is 0 Å². The third-order valence-electron chi connectivity index (χ3n) is 7.27. The summed E-state index contributed by atoms with van der Waals surface area (Å²) in [4.78, 5) is 8.86. The van der Waals surface area contributed by atoms with Crippen molar-refractivity contribution in [3.63, 3.8) is 0 Å². The number of nitrogens with zero attached hydrogens (tertiary/aromatic N) is 3. The fourth-order valence-electron chi connectivity index (χ4n) is 5.41. The Morgan fingerprint density at radius 2 is 1.77 bits per heavy atom. The van der Waals surface area contributed by atoms with E-state index in [2.05, 4.69) is 50.8 Å². The molecule has 30 heavy (non-hydrogen) atoms. The van der Waals surface area contributed by atoms with E-state index in [4.69, 9.17) is 0 Å². The Labute approximate surface area is 176 Å². The van der Waals surface area contributed by atoms with Crippen LogP contribution in [0.3, 0.4) is 0 Å². The van der Waals surface area contributed by atoms with Gasteiger partial charge in [0.25, 0.3) is 0 Å². The molecule has 4 aromatic rings. The fraction of sp³-hybridized carbons (Fsp3) is 0.385. The van der Waals surface area contributed by atoms with Crippen molar-refractivity contribution in [2.24, 2.45) is 5.92 Å². The second-order valence-electron chi connectivity index (χ2n) is 9.15. The van der Waals surface area contributed by atoms with Crippen LogP contribution in [-0.2, 0) is 0 Å². The van der Waals surface area contributed by atoms with E-state index in [0.29, 0.717) is 17.8 Å². The minimum absolute atomic E-state index is 0.310. The predicted molar refractivity (Wildman–Crippen MR) is 119 cm³/mol. The van der Waals surface area contributed by atoms with Gasteiger partial charge in [0.05, 0.1) is 35.4 Å². The molecule has 0 amide bonds. The summed E-state index contributed by atoms with van der Waals surface area (Å²) in [6.45, 7) is 0. The molecule has 2 saturated carbocycles. The first kappa shape index (κ1) is 18.1. The molecule has 0 bridgehead atoms. The number of hydrogen-bond donors (Lipinski definition) is 1. The van der Waals surface area contributed by atoms with Crippen molar-refractivity contribution in [2.45, 2.75) is 56.5 Å². The highest BCUT2D eigenvalue weighted by Gasteiger charge is 2.34.